The van der Waals surface area contributed by atoms with Crippen LogP contribution in [0.25, 0.3) is 11.0 Å². The van der Waals surface area contributed by atoms with Gasteiger partial charge < -0.3 is 10.3 Å². The van der Waals surface area contributed by atoms with Gasteiger partial charge in [0.15, 0.2) is 0 Å². The Balaban J connectivity index is 1.90. The summed E-state index contributed by atoms with van der Waals surface area (Å²) in [5.74, 6) is -0.214. The van der Waals surface area contributed by atoms with Gasteiger partial charge in [-0.25, -0.2) is 0 Å². The second-order valence-corrected chi connectivity index (χ2v) is 4.97. The number of hydrogen-bond donors (Lipinski definition) is 2. The van der Waals surface area contributed by atoms with Crippen molar-refractivity contribution in [3.05, 3.63) is 58.9 Å². The van der Waals surface area contributed by atoms with E-state index in [0.29, 0.717) is 16.4 Å². The van der Waals surface area contributed by atoms with E-state index in [2.05, 4.69) is 15.3 Å². The number of carbonyl (C=O) groups is 1. The van der Waals surface area contributed by atoms with Gasteiger partial charge in [-0.05, 0) is 42.8 Å². The van der Waals surface area contributed by atoms with E-state index in [-0.39, 0.29) is 5.91 Å². The molecule has 5 heteroatoms. The van der Waals surface area contributed by atoms with Gasteiger partial charge in [0.2, 0.25) is 0 Å². The third-order valence-corrected chi connectivity index (χ3v) is 3.32. The molecular formula is C15H12ClN3O. The standard InChI is InChI=1S/C15H12ClN3O/c1-9-4-5-10(16)7-12(9)19-15(20)14-8-13-11(18-14)3-2-6-17-13/h2-8,18H,1H3,(H,19,20). The molecule has 20 heavy (non-hydrogen) atoms. The number of aromatic amines is 1. The largest absolute Gasteiger partial charge is 0.349 e. The van der Waals surface area contributed by atoms with E-state index < -0.39 is 0 Å². The first-order chi connectivity index (χ1) is 9.63. The highest BCUT2D eigenvalue weighted by Crippen LogP contribution is 2.21. The maximum atomic E-state index is 12.2. The number of hydrogen-bond acceptors (Lipinski definition) is 2. The van der Waals surface area contributed by atoms with Crippen LogP contribution in [0.1, 0.15) is 16.1 Å². The zero-order chi connectivity index (χ0) is 14.1. The van der Waals surface area contributed by atoms with E-state index in [1.54, 1.807) is 24.4 Å². The molecule has 0 aliphatic carbocycles. The molecule has 0 radical (unpaired) electrons. The molecule has 0 saturated carbocycles. The van der Waals surface area contributed by atoms with Crippen LogP contribution in [0.3, 0.4) is 0 Å². The van der Waals surface area contributed by atoms with Crippen LogP contribution in [0.2, 0.25) is 5.02 Å². The number of nitrogens with zero attached hydrogens (tertiary/aromatic N) is 1. The van der Waals surface area contributed by atoms with Gasteiger partial charge in [-0.15, -0.1) is 0 Å². The van der Waals surface area contributed by atoms with E-state index in [1.165, 1.54) is 0 Å². The Bertz CT molecular complexity index is 762. The highest BCUT2D eigenvalue weighted by Gasteiger charge is 2.11. The predicted molar refractivity (Wildman–Crippen MR) is 80.2 cm³/mol. The van der Waals surface area contributed by atoms with E-state index in [9.17, 15) is 4.79 Å². The number of aromatic nitrogens is 2. The minimum atomic E-state index is -0.214. The summed E-state index contributed by atoms with van der Waals surface area (Å²) in [6, 6.07) is 10.8. The number of rotatable bonds is 2. The van der Waals surface area contributed by atoms with E-state index >= 15 is 0 Å². The minimum absolute atomic E-state index is 0.214. The summed E-state index contributed by atoms with van der Waals surface area (Å²) in [6.07, 6.45) is 1.69. The fraction of sp³-hybridized carbons (Fsp3) is 0.0667. The quantitative estimate of drug-likeness (QED) is 0.753. The highest BCUT2D eigenvalue weighted by molar-refractivity contribution is 6.31. The van der Waals surface area contributed by atoms with Crippen LogP contribution in [0.15, 0.2) is 42.6 Å². The molecule has 3 aromatic rings. The topological polar surface area (TPSA) is 57.8 Å². The van der Waals surface area contributed by atoms with Gasteiger partial charge >= 0.3 is 0 Å². The lowest BCUT2D eigenvalue weighted by Crippen LogP contribution is -2.13. The number of nitrogens with one attached hydrogen (secondary N) is 2. The van der Waals surface area contributed by atoms with E-state index in [0.717, 1.165) is 16.6 Å². The van der Waals surface area contributed by atoms with Crippen LogP contribution >= 0.6 is 11.6 Å². The molecule has 3 rings (SSSR count). The SMILES string of the molecule is Cc1ccc(Cl)cc1NC(=O)c1cc2ncccc2[nH]1. The Morgan fingerprint density at radius 1 is 1.30 bits per heavy atom. The van der Waals surface area contributed by atoms with Gasteiger partial charge in [-0.2, -0.15) is 0 Å². The van der Waals surface area contributed by atoms with Gasteiger partial charge in [-0.3, -0.25) is 9.78 Å². The molecule has 100 valence electrons. The van der Waals surface area contributed by atoms with Crippen molar-refractivity contribution in [1.82, 2.24) is 9.97 Å². The summed E-state index contributed by atoms with van der Waals surface area (Å²) < 4.78 is 0. The maximum Gasteiger partial charge on any atom is 0.272 e. The Morgan fingerprint density at radius 3 is 2.95 bits per heavy atom. The van der Waals surface area contributed by atoms with Crippen molar-refractivity contribution >= 4 is 34.2 Å². The highest BCUT2D eigenvalue weighted by atomic mass is 35.5. The molecule has 0 aliphatic rings. The Morgan fingerprint density at radius 2 is 2.15 bits per heavy atom. The van der Waals surface area contributed by atoms with Crippen LogP contribution in [-0.4, -0.2) is 15.9 Å². The number of carbonyl (C=O) groups excluding carboxylic acids is 1. The number of fused-ring (bicyclic) bond motifs is 1. The number of pyridine rings is 1. The molecule has 0 bridgehead atoms. The molecule has 2 heterocycles. The van der Waals surface area contributed by atoms with Crippen molar-refractivity contribution in [2.75, 3.05) is 5.32 Å². The van der Waals surface area contributed by atoms with Crippen molar-refractivity contribution in [2.24, 2.45) is 0 Å². The van der Waals surface area contributed by atoms with Crippen molar-refractivity contribution in [1.29, 1.82) is 0 Å². The van der Waals surface area contributed by atoms with Crippen LogP contribution in [0.4, 0.5) is 5.69 Å². The van der Waals surface area contributed by atoms with Gasteiger partial charge in [0.25, 0.3) is 5.91 Å². The van der Waals surface area contributed by atoms with Crippen molar-refractivity contribution < 1.29 is 4.79 Å². The fourth-order valence-electron chi connectivity index (χ4n) is 2.00. The van der Waals surface area contributed by atoms with Crippen molar-refractivity contribution in [2.45, 2.75) is 6.92 Å². The Kier molecular flexibility index (Phi) is 3.16. The molecule has 2 N–H and O–H groups in total. The first-order valence-corrected chi connectivity index (χ1v) is 6.52. The summed E-state index contributed by atoms with van der Waals surface area (Å²) >= 11 is 5.94. The Hall–Kier alpha value is -2.33. The number of aryl methyl sites for hydroxylation is 1. The molecule has 2 aromatic heterocycles. The summed E-state index contributed by atoms with van der Waals surface area (Å²) in [5, 5.41) is 3.43. The molecule has 0 unspecified atom stereocenters. The van der Waals surface area contributed by atoms with Gasteiger partial charge in [0, 0.05) is 16.9 Å². The number of H-pyrrole nitrogens is 1. The number of benzene rings is 1. The van der Waals surface area contributed by atoms with Crippen LogP contribution in [0, 0.1) is 6.92 Å². The molecule has 0 aliphatic heterocycles. The average molecular weight is 286 g/mol. The molecular weight excluding hydrogens is 274 g/mol. The maximum absolute atomic E-state index is 12.2. The lowest BCUT2D eigenvalue weighted by atomic mass is 10.2. The summed E-state index contributed by atoms with van der Waals surface area (Å²) in [4.78, 5) is 19.5. The lowest BCUT2D eigenvalue weighted by molar-refractivity contribution is 0.102. The van der Waals surface area contributed by atoms with Crippen LogP contribution < -0.4 is 5.32 Å². The van der Waals surface area contributed by atoms with Crippen molar-refractivity contribution in [3.8, 4) is 0 Å². The molecule has 1 aromatic carbocycles. The lowest BCUT2D eigenvalue weighted by Gasteiger charge is -2.07. The van der Waals surface area contributed by atoms with Gasteiger partial charge in [-0.1, -0.05) is 17.7 Å². The second-order valence-electron chi connectivity index (χ2n) is 4.53. The number of halogens is 1. The molecule has 0 atom stereocenters. The minimum Gasteiger partial charge on any atom is -0.349 e. The third kappa shape index (κ3) is 2.38. The average Bonchev–Trinajstić information content (AvgIpc) is 2.87. The molecule has 4 nitrogen and oxygen atoms in total. The van der Waals surface area contributed by atoms with Crippen LogP contribution in [-0.2, 0) is 0 Å². The summed E-state index contributed by atoms with van der Waals surface area (Å²) in [6.45, 7) is 1.92. The zero-order valence-electron chi connectivity index (χ0n) is 10.8. The fourth-order valence-corrected chi connectivity index (χ4v) is 2.17. The van der Waals surface area contributed by atoms with E-state index in [4.69, 9.17) is 11.6 Å². The second kappa shape index (κ2) is 4.98. The predicted octanol–water partition coefficient (Wildman–Crippen LogP) is 3.78. The number of amides is 1. The smallest absolute Gasteiger partial charge is 0.272 e. The summed E-state index contributed by atoms with van der Waals surface area (Å²) in [7, 11) is 0. The first kappa shape index (κ1) is 12.7. The third-order valence-electron chi connectivity index (χ3n) is 3.08. The van der Waals surface area contributed by atoms with Crippen molar-refractivity contribution in [3.63, 3.8) is 0 Å². The molecule has 0 spiro atoms. The summed E-state index contributed by atoms with van der Waals surface area (Å²) in [5.41, 5.74) is 3.73. The van der Waals surface area contributed by atoms with Gasteiger partial charge in [0.1, 0.15) is 5.69 Å². The van der Waals surface area contributed by atoms with E-state index in [1.807, 2.05) is 25.1 Å². The van der Waals surface area contributed by atoms with Gasteiger partial charge in [0.05, 0.1) is 11.0 Å². The monoisotopic (exact) mass is 285 g/mol. The molecule has 1 amide bonds. The molecule has 0 fully saturated rings. The number of anilines is 1. The first-order valence-electron chi connectivity index (χ1n) is 6.15. The van der Waals surface area contributed by atoms with Crippen LogP contribution in [0.5, 0.6) is 0 Å². The zero-order valence-corrected chi connectivity index (χ0v) is 11.5. The Labute approximate surface area is 120 Å². The normalized spacial score (nSPS) is 10.7. The molecule has 0 saturated heterocycles.